The number of hydrogen-bond acceptors (Lipinski definition) is 6. The van der Waals surface area contributed by atoms with E-state index in [9.17, 15) is 18.5 Å². The molecule has 1 aromatic carbocycles. The summed E-state index contributed by atoms with van der Waals surface area (Å²) in [5.74, 6) is 0. The van der Waals surface area contributed by atoms with Crippen LogP contribution in [0.3, 0.4) is 0 Å². The van der Waals surface area contributed by atoms with Gasteiger partial charge in [-0.1, -0.05) is 6.92 Å². The van der Waals surface area contributed by atoms with Gasteiger partial charge in [-0.2, -0.15) is 0 Å². The van der Waals surface area contributed by atoms with Crippen molar-refractivity contribution in [2.45, 2.75) is 56.0 Å². The zero-order valence-electron chi connectivity index (χ0n) is 14.4. The molecule has 0 unspecified atom stereocenters. The number of aromatic nitrogens is 3. The number of sulfonamides is 1. The molecular weight excluding hydrogens is 358 g/mol. The monoisotopic (exact) mass is 379 g/mol. The molecule has 26 heavy (non-hydrogen) atoms. The highest BCUT2D eigenvalue weighted by Crippen LogP contribution is 2.30. The third kappa shape index (κ3) is 3.91. The number of non-ortho nitro benzene ring substituents is 1. The van der Waals surface area contributed by atoms with Crippen LogP contribution in [0.1, 0.15) is 44.2 Å². The van der Waals surface area contributed by atoms with E-state index in [1.807, 2.05) is 4.57 Å². The number of nitro benzene ring substituents is 1. The summed E-state index contributed by atoms with van der Waals surface area (Å²) in [7, 11) is -3.75. The van der Waals surface area contributed by atoms with Gasteiger partial charge >= 0.3 is 0 Å². The van der Waals surface area contributed by atoms with Crippen LogP contribution in [0.4, 0.5) is 5.69 Å². The molecule has 2 atom stereocenters. The van der Waals surface area contributed by atoms with Crippen molar-refractivity contribution in [3.05, 3.63) is 46.5 Å². The normalized spacial score (nSPS) is 20.8. The van der Waals surface area contributed by atoms with E-state index in [2.05, 4.69) is 14.9 Å². The minimum Gasteiger partial charge on any atom is -0.317 e. The minimum absolute atomic E-state index is 0.105. The molecular formula is C16H21N5O4S. The molecule has 3 rings (SSSR count). The quantitative estimate of drug-likeness (QED) is 0.607. The number of nitrogens with zero attached hydrogens (tertiary/aromatic N) is 4. The van der Waals surface area contributed by atoms with Crippen molar-refractivity contribution in [3.8, 4) is 0 Å². The van der Waals surface area contributed by atoms with Crippen molar-refractivity contribution in [1.82, 2.24) is 19.5 Å². The van der Waals surface area contributed by atoms with Gasteiger partial charge in [0.25, 0.3) is 5.69 Å². The van der Waals surface area contributed by atoms with Crippen molar-refractivity contribution >= 4 is 15.7 Å². The Morgan fingerprint density at radius 1 is 1.31 bits per heavy atom. The second-order valence-electron chi connectivity index (χ2n) is 6.45. The van der Waals surface area contributed by atoms with Gasteiger partial charge in [-0.05, 0) is 43.7 Å². The Hall–Kier alpha value is -2.33. The Labute approximate surface area is 151 Å². The van der Waals surface area contributed by atoms with Gasteiger partial charge in [0, 0.05) is 24.2 Å². The summed E-state index contributed by atoms with van der Waals surface area (Å²) >= 11 is 0. The first-order valence-corrected chi connectivity index (χ1v) is 10.0. The summed E-state index contributed by atoms with van der Waals surface area (Å²) in [6, 6.07) is 3.85. The van der Waals surface area contributed by atoms with Gasteiger partial charge in [-0.3, -0.25) is 10.1 Å². The maximum Gasteiger partial charge on any atom is 0.269 e. The first kappa shape index (κ1) is 18.5. The van der Waals surface area contributed by atoms with Crippen LogP contribution in [0.5, 0.6) is 0 Å². The molecule has 0 radical (unpaired) electrons. The molecule has 1 fully saturated rings. The standard InChI is InChI=1S/C16H21N5O4S/c1-2-12-8-15(21(22)23)6-7-16(12)26(24,25)19-13-4-3-5-14(9-13)20-10-17-18-11-20/h6-8,10-11,13-14,19H,2-5,9H2,1H3/t13-,14+/m0/s1. The molecule has 9 nitrogen and oxygen atoms in total. The molecule has 0 bridgehead atoms. The summed E-state index contributed by atoms with van der Waals surface area (Å²) in [6.07, 6.45) is 6.95. The molecule has 1 aliphatic rings. The lowest BCUT2D eigenvalue weighted by Gasteiger charge is -2.30. The summed E-state index contributed by atoms with van der Waals surface area (Å²) in [4.78, 5) is 10.5. The Morgan fingerprint density at radius 2 is 2.04 bits per heavy atom. The SMILES string of the molecule is CCc1cc([N+](=O)[O-])ccc1S(=O)(=O)N[C@H]1CCC[C@@H](n2cnnc2)C1. The van der Waals surface area contributed by atoms with E-state index in [1.54, 1.807) is 19.6 Å². The summed E-state index contributed by atoms with van der Waals surface area (Å²) in [5, 5.41) is 18.5. The van der Waals surface area contributed by atoms with Crippen LogP contribution in [0.25, 0.3) is 0 Å². The van der Waals surface area contributed by atoms with E-state index in [1.165, 1.54) is 18.2 Å². The maximum absolute atomic E-state index is 12.8. The lowest BCUT2D eigenvalue weighted by Crippen LogP contribution is -2.39. The van der Waals surface area contributed by atoms with Gasteiger partial charge in [-0.25, -0.2) is 13.1 Å². The van der Waals surface area contributed by atoms with Crippen molar-refractivity contribution in [2.24, 2.45) is 0 Å². The number of nitrogens with one attached hydrogen (secondary N) is 1. The van der Waals surface area contributed by atoms with E-state index in [0.29, 0.717) is 18.4 Å². The highest BCUT2D eigenvalue weighted by atomic mass is 32.2. The average Bonchev–Trinajstić information content (AvgIpc) is 3.15. The number of aryl methyl sites for hydroxylation is 1. The molecule has 0 saturated heterocycles. The Kier molecular flexibility index (Phi) is 5.33. The Balaban J connectivity index is 1.79. The lowest BCUT2D eigenvalue weighted by atomic mass is 9.91. The average molecular weight is 379 g/mol. The molecule has 10 heteroatoms. The molecule has 0 spiro atoms. The number of nitro groups is 1. The summed E-state index contributed by atoms with van der Waals surface area (Å²) in [6.45, 7) is 1.78. The minimum atomic E-state index is -3.75. The first-order chi connectivity index (χ1) is 12.4. The molecule has 2 aromatic rings. The zero-order chi connectivity index (χ0) is 18.7. The van der Waals surface area contributed by atoms with Crippen LogP contribution in [0, 0.1) is 10.1 Å². The smallest absolute Gasteiger partial charge is 0.269 e. The van der Waals surface area contributed by atoms with Crippen LogP contribution in [-0.4, -0.2) is 34.1 Å². The van der Waals surface area contributed by atoms with Crippen LogP contribution in [0.15, 0.2) is 35.7 Å². The fourth-order valence-electron chi connectivity index (χ4n) is 3.44. The molecule has 1 heterocycles. The van der Waals surface area contributed by atoms with Crippen molar-refractivity contribution in [2.75, 3.05) is 0 Å². The zero-order valence-corrected chi connectivity index (χ0v) is 15.2. The topological polar surface area (TPSA) is 120 Å². The fourth-order valence-corrected chi connectivity index (χ4v) is 5.02. The fraction of sp³-hybridized carbons (Fsp3) is 0.500. The van der Waals surface area contributed by atoms with Gasteiger partial charge in [0.2, 0.25) is 10.0 Å². The van der Waals surface area contributed by atoms with Gasteiger partial charge in [0.15, 0.2) is 0 Å². The summed E-state index contributed by atoms with van der Waals surface area (Å²) in [5.41, 5.74) is 0.337. The predicted octanol–water partition coefficient (Wildman–Crippen LogP) is 2.21. The molecule has 140 valence electrons. The Bertz CT molecular complexity index is 882. The van der Waals surface area contributed by atoms with Gasteiger partial charge < -0.3 is 4.57 Å². The molecule has 0 amide bonds. The van der Waals surface area contributed by atoms with E-state index in [0.717, 1.165) is 19.3 Å². The highest BCUT2D eigenvalue weighted by molar-refractivity contribution is 7.89. The predicted molar refractivity (Wildman–Crippen MR) is 94.1 cm³/mol. The summed E-state index contributed by atoms with van der Waals surface area (Å²) < 4.78 is 30.4. The van der Waals surface area contributed by atoms with Crippen molar-refractivity contribution in [3.63, 3.8) is 0 Å². The van der Waals surface area contributed by atoms with Crippen molar-refractivity contribution < 1.29 is 13.3 Å². The first-order valence-electron chi connectivity index (χ1n) is 8.54. The van der Waals surface area contributed by atoms with Gasteiger partial charge in [-0.15, -0.1) is 10.2 Å². The van der Waals surface area contributed by atoms with E-state index >= 15 is 0 Å². The number of benzene rings is 1. The van der Waals surface area contributed by atoms with Crippen LogP contribution in [0.2, 0.25) is 0 Å². The van der Waals surface area contributed by atoms with Crippen LogP contribution in [-0.2, 0) is 16.4 Å². The van der Waals surface area contributed by atoms with Crippen LogP contribution < -0.4 is 4.72 Å². The number of hydrogen-bond donors (Lipinski definition) is 1. The molecule has 1 saturated carbocycles. The molecule has 1 aromatic heterocycles. The van der Waals surface area contributed by atoms with E-state index in [-0.39, 0.29) is 22.7 Å². The molecule has 1 aliphatic carbocycles. The largest absolute Gasteiger partial charge is 0.317 e. The second-order valence-corrected chi connectivity index (χ2v) is 8.13. The molecule has 1 N–H and O–H groups in total. The van der Waals surface area contributed by atoms with E-state index < -0.39 is 14.9 Å². The van der Waals surface area contributed by atoms with Crippen molar-refractivity contribution in [1.29, 1.82) is 0 Å². The maximum atomic E-state index is 12.8. The number of rotatable bonds is 6. The van der Waals surface area contributed by atoms with E-state index in [4.69, 9.17) is 0 Å². The highest BCUT2D eigenvalue weighted by Gasteiger charge is 2.28. The molecule has 0 aliphatic heterocycles. The van der Waals surface area contributed by atoms with Gasteiger partial charge in [0.05, 0.1) is 9.82 Å². The van der Waals surface area contributed by atoms with Gasteiger partial charge in [0.1, 0.15) is 12.7 Å². The third-order valence-electron chi connectivity index (χ3n) is 4.75. The van der Waals surface area contributed by atoms with Crippen LogP contribution >= 0.6 is 0 Å². The lowest BCUT2D eigenvalue weighted by molar-refractivity contribution is -0.385. The second kappa shape index (κ2) is 7.50. The Morgan fingerprint density at radius 3 is 2.69 bits per heavy atom. The third-order valence-corrected chi connectivity index (χ3v) is 6.37.